The molecule has 0 atom stereocenters. The SMILES string of the molecule is CCOC(=O)c1cnc2cc(NC(=O)c3ccccc3-c3ccc(CC)cc3)ccc2c1. The Balaban J connectivity index is 1.59. The van der Waals surface area contributed by atoms with Crippen molar-refractivity contribution in [1.29, 1.82) is 0 Å². The van der Waals surface area contributed by atoms with Gasteiger partial charge in [0, 0.05) is 22.8 Å². The van der Waals surface area contributed by atoms with Gasteiger partial charge in [0.25, 0.3) is 5.91 Å². The van der Waals surface area contributed by atoms with Gasteiger partial charge in [0.05, 0.1) is 17.7 Å². The average molecular weight is 425 g/mol. The molecule has 1 aromatic heterocycles. The van der Waals surface area contributed by atoms with Gasteiger partial charge in [-0.25, -0.2) is 4.79 Å². The van der Waals surface area contributed by atoms with Gasteiger partial charge in [0.2, 0.25) is 0 Å². The lowest BCUT2D eigenvalue weighted by Gasteiger charge is -2.12. The van der Waals surface area contributed by atoms with Crippen LogP contribution in [-0.2, 0) is 11.2 Å². The van der Waals surface area contributed by atoms with Crippen LogP contribution >= 0.6 is 0 Å². The van der Waals surface area contributed by atoms with Crippen LogP contribution in [0.3, 0.4) is 0 Å². The summed E-state index contributed by atoms with van der Waals surface area (Å²) in [5, 5.41) is 3.77. The topological polar surface area (TPSA) is 68.3 Å². The fourth-order valence-corrected chi connectivity index (χ4v) is 3.58. The number of nitrogens with zero attached hydrogens (tertiary/aromatic N) is 1. The molecule has 0 aliphatic rings. The zero-order valence-electron chi connectivity index (χ0n) is 18.1. The van der Waals surface area contributed by atoms with E-state index < -0.39 is 5.97 Å². The third kappa shape index (κ3) is 4.52. The molecule has 0 saturated heterocycles. The molecule has 0 fully saturated rings. The summed E-state index contributed by atoms with van der Waals surface area (Å²) in [7, 11) is 0. The molecular weight excluding hydrogens is 400 g/mol. The van der Waals surface area contributed by atoms with Crippen LogP contribution in [0.4, 0.5) is 5.69 Å². The largest absolute Gasteiger partial charge is 0.462 e. The van der Waals surface area contributed by atoms with Crippen LogP contribution in [0.5, 0.6) is 0 Å². The van der Waals surface area contributed by atoms with Crippen molar-refractivity contribution in [2.75, 3.05) is 11.9 Å². The molecule has 0 aliphatic heterocycles. The molecule has 5 nitrogen and oxygen atoms in total. The van der Waals surface area contributed by atoms with E-state index in [0.29, 0.717) is 28.9 Å². The Morgan fingerprint density at radius 1 is 0.938 bits per heavy atom. The normalized spacial score (nSPS) is 10.7. The average Bonchev–Trinajstić information content (AvgIpc) is 2.84. The Hall–Kier alpha value is -3.99. The summed E-state index contributed by atoms with van der Waals surface area (Å²) < 4.78 is 5.03. The van der Waals surface area contributed by atoms with Gasteiger partial charge in [-0.3, -0.25) is 9.78 Å². The summed E-state index contributed by atoms with van der Waals surface area (Å²) in [5.74, 6) is -0.592. The number of carbonyl (C=O) groups is 2. The summed E-state index contributed by atoms with van der Waals surface area (Å²) >= 11 is 0. The van der Waals surface area contributed by atoms with Gasteiger partial charge in [0.15, 0.2) is 0 Å². The maximum absolute atomic E-state index is 13.1. The Morgan fingerprint density at radius 2 is 1.72 bits per heavy atom. The molecule has 5 heteroatoms. The van der Waals surface area contributed by atoms with Crippen molar-refractivity contribution >= 4 is 28.5 Å². The number of fused-ring (bicyclic) bond motifs is 1. The summed E-state index contributed by atoms with van der Waals surface area (Å²) in [4.78, 5) is 29.4. The second kappa shape index (κ2) is 9.43. The Morgan fingerprint density at radius 3 is 2.47 bits per heavy atom. The molecule has 4 rings (SSSR count). The van der Waals surface area contributed by atoms with Gasteiger partial charge in [-0.05, 0) is 54.3 Å². The van der Waals surface area contributed by atoms with E-state index >= 15 is 0 Å². The standard InChI is InChI=1S/C27H24N2O3/c1-3-18-9-11-19(12-10-18)23-7-5-6-8-24(23)26(30)29-22-14-13-20-15-21(27(31)32-4-2)17-28-25(20)16-22/h5-17H,3-4H2,1-2H3,(H,29,30). The van der Waals surface area contributed by atoms with Gasteiger partial charge in [-0.1, -0.05) is 55.5 Å². The third-order valence-corrected chi connectivity index (χ3v) is 5.30. The number of pyridine rings is 1. The predicted molar refractivity (Wildman–Crippen MR) is 127 cm³/mol. The molecular formula is C27H24N2O3. The van der Waals surface area contributed by atoms with E-state index in [0.717, 1.165) is 22.9 Å². The quantitative estimate of drug-likeness (QED) is 0.392. The zero-order chi connectivity index (χ0) is 22.5. The molecule has 0 bridgehead atoms. The summed E-state index contributed by atoms with van der Waals surface area (Å²) in [6.45, 7) is 4.19. The van der Waals surface area contributed by atoms with Gasteiger partial charge < -0.3 is 10.1 Å². The van der Waals surface area contributed by atoms with Crippen LogP contribution in [0.1, 0.15) is 40.1 Å². The van der Waals surface area contributed by atoms with E-state index in [1.54, 1.807) is 25.1 Å². The van der Waals surface area contributed by atoms with Crippen LogP contribution in [0.2, 0.25) is 0 Å². The number of amides is 1. The molecule has 3 aromatic carbocycles. The van der Waals surface area contributed by atoms with Crippen molar-refractivity contribution in [3.8, 4) is 11.1 Å². The number of aromatic nitrogens is 1. The highest BCUT2D eigenvalue weighted by Gasteiger charge is 2.14. The summed E-state index contributed by atoms with van der Waals surface area (Å²) in [6, 6.07) is 23.0. The number of benzene rings is 3. The lowest BCUT2D eigenvalue weighted by Crippen LogP contribution is -2.13. The Bertz CT molecular complexity index is 1280. The van der Waals surface area contributed by atoms with Crippen LogP contribution in [0.25, 0.3) is 22.0 Å². The highest BCUT2D eigenvalue weighted by Crippen LogP contribution is 2.26. The molecule has 1 amide bonds. The fraction of sp³-hybridized carbons (Fsp3) is 0.148. The van der Waals surface area contributed by atoms with Crippen LogP contribution < -0.4 is 5.32 Å². The summed E-state index contributed by atoms with van der Waals surface area (Å²) in [5.41, 5.74) is 5.45. The molecule has 0 spiro atoms. The smallest absolute Gasteiger partial charge is 0.339 e. The minimum Gasteiger partial charge on any atom is -0.462 e. The van der Waals surface area contributed by atoms with Crippen molar-refractivity contribution in [2.45, 2.75) is 20.3 Å². The van der Waals surface area contributed by atoms with E-state index in [9.17, 15) is 9.59 Å². The molecule has 0 saturated carbocycles. The highest BCUT2D eigenvalue weighted by atomic mass is 16.5. The molecule has 0 radical (unpaired) electrons. The van der Waals surface area contributed by atoms with Crippen LogP contribution in [0, 0.1) is 0 Å². The summed E-state index contributed by atoms with van der Waals surface area (Å²) in [6.07, 6.45) is 2.46. The second-order valence-electron chi connectivity index (χ2n) is 7.40. The van der Waals surface area contributed by atoms with Crippen molar-refractivity contribution in [1.82, 2.24) is 4.98 Å². The number of rotatable bonds is 6. The molecule has 4 aromatic rings. The number of anilines is 1. The number of ether oxygens (including phenoxy) is 1. The van der Waals surface area contributed by atoms with Crippen molar-refractivity contribution < 1.29 is 14.3 Å². The first-order valence-electron chi connectivity index (χ1n) is 10.7. The van der Waals surface area contributed by atoms with E-state index in [4.69, 9.17) is 4.74 Å². The van der Waals surface area contributed by atoms with E-state index in [1.165, 1.54) is 11.8 Å². The monoisotopic (exact) mass is 424 g/mol. The first-order chi connectivity index (χ1) is 15.6. The van der Waals surface area contributed by atoms with Gasteiger partial charge in [-0.2, -0.15) is 0 Å². The zero-order valence-corrected chi connectivity index (χ0v) is 18.1. The highest BCUT2D eigenvalue weighted by molar-refractivity contribution is 6.09. The molecule has 1 N–H and O–H groups in total. The minimum atomic E-state index is -0.400. The van der Waals surface area contributed by atoms with Crippen LogP contribution in [-0.4, -0.2) is 23.5 Å². The number of hydrogen-bond acceptors (Lipinski definition) is 4. The van der Waals surface area contributed by atoms with Crippen molar-refractivity contribution in [2.24, 2.45) is 0 Å². The molecule has 0 aliphatic carbocycles. The number of esters is 1. The predicted octanol–water partition coefficient (Wildman–Crippen LogP) is 5.89. The van der Waals surface area contributed by atoms with Gasteiger partial charge >= 0.3 is 5.97 Å². The van der Waals surface area contributed by atoms with E-state index in [1.807, 2.05) is 42.5 Å². The Kier molecular flexibility index (Phi) is 6.26. The number of nitrogens with one attached hydrogen (secondary N) is 1. The fourth-order valence-electron chi connectivity index (χ4n) is 3.58. The first kappa shape index (κ1) is 21.2. The van der Waals surface area contributed by atoms with Crippen molar-refractivity contribution in [3.63, 3.8) is 0 Å². The van der Waals surface area contributed by atoms with E-state index in [2.05, 4.69) is 29.4 Å². The Labute approximate surface area is 187 Å². The van der Waals surface area contributed by atoms with E-state index in [-0.39, 0.29) is 5.91 Å². The van der Waals surface area contributed by atoms with Gasteiger partial charge in [0.1, 0.15) is 0 Å². The first-order valence-corrected chi connectivity index (χ1v) is 10.7. The second-order valence-corrected chi connectivity index (χ2v) is 7.40. The number of aryl methyl sites for hydroxylation is 1. The number of carbonyl (C=O) groups excluding carboxylic acids is 2. The minimum absolute atomic E-state index is 0.192. The lowest BCUT2D eigenvalue weighted by atomic mass is 9.97. The molecule has 0 unspecified atom stereocenters. The third-order valence-electron chi connectivity index (χ3n) is 5.30. The lowest BCUT2D eigenvalue weighted by molar-refractivity contribution is 0.0526. The maximum atomic E-state index is 13.1. The van der Waals surface area contributed by atoms with Crippen molar-refractivity contribution in [3.05, 3.63) is 95.7 Å². The molecule has 32 heavy (non-hydrogen) atoms. The van der Waals surface area contributed by atoms with Gasteiger partial charge in [-0.15, -0.1) is 0 Å². The molecule has 160 valence electrons. The molecule has 1 heterocycles. The van der Waals surface area contributed by atoms with Crippen LogP contribution in [0.15, 0.2) is 79.0 Å². The number of hydrogen-bond donors (Lipinski definition) is 1. The maximum Gasteiger partial charge on any atom is 0.339 e.